The molecule has 1 aromatic carbocycles. The first-order chi connectivity index (χ1) is 8.58. The van der Waals surface area contributed by atoms with E-state index in [9.17, 15) is 15.0 Å². The van der Waals surface area contributed by atoms with Crippen LogP contribution in [0.1, 0.15) is 36.0 Å². The van der Waals surface area contributed by atoms with E-state index in [1.807, 2.05) is 0 Å². The van der Waals surface area contributed by atoms with Crippen molar-refractivity contribution in [3.8, 4) is 5.75 Å². The highest BCUT2D eigenvalue weighted by Gasteiger charge is 2.25. The fourth-order valence-electron chi connectivity index (χ4n) is 2.22. The zero-order valence-electron chi connectivity index (χ0n) is 9.90. The third-order valence-corrected chi connectivity index (χ3v) is 3.74. The van der Waals surface area contributed by atoms with Gasteiger partial charge in [0.2, 0.25) is 0 Å². The molecule has 5 heteroatoms. The number of hydrogen-bond donors (Lipinski definition) is 3. The lowest BCUT2D eigenvalue weighted by atomic mass is 9.92. The lowest BCUT2D eigenvalue weighted by Gasteiger charge is -2.28. The van der Waals surface area contributed by atoms with Crippen molar-refractivity contribution in [2.24, 2.45) is 0 Å². The van der Waals surface area contributed by atoms with Gasteiger partial charge in [-0.1, -0.05) is 28.8 Å². The summed E-state index contributed by atoms with van der Waals surface area (Å²) >= 11 is 3.26. The summed E-state index contributed by atoms with van der Waals surface area (Å²) in [5, 5.41) is 22.2. The van der Waals surface area contributed by atoms with Crippen molar-refractivity contribution in [3.05, 3.63) is 28.2 Å². The second-order valence-electron chi connectivity index (χ2n) is 4.59. The van der Waals surface area contributed by atoms with E-state index in [0.717, 1.165) is 30.2 Å². The maximum absolute atomic E-state index is 12.0. The van der Waals surface area contributed by atoms with Crippen molar-refractivity contribution >= 4 is 21.8 Å². The minimum atomic E-state index is -0.489. The topological polar surface area (TPSA) is 69.6 Å². The number of benzene rings is 1. The number of aliphatic hydroxyl groups excluding tert-OH is 1. The van der Waals surface area contributed by atoms with Crippen molar-refractivity contribution in [2.45, 2.75) is 37.8 Å². The molecule has 0 bridgehead atoms. The van der Waals surface area contributed by atoms with Gasteiger partial charge >= 0.3 is 0 Å². The average molecular weight is 314 g/mol. The molecule has 2 unspecified atom stereocenters. The first-order valence-corrected chi connectivity index (χ1v) is 6.84. The Morgan fingerprint density at radius 2 is 2.06 bits per heavy atom. The zero-order valence-corrected chi connectivity index (χ0v) is 11.5. The van der Waals surface area contributed by atoms with Gasteiger partial charge in [-0.15, -0.1) is 0 Å². The van der Waals surface area contributed by atoms with Crippen molar-refractivity contribution in [1.82, 2.24) is 5.32 Å². The maximum atomic E-state index is 12.0. The minimum Gasteiger partial charge on any atom is -0.507 e. The second kappa shape index (κ2) is 5.71. The number of aromatic hydroxyl groups is 1. The molecule has 3 N–H and O–H groups in total. The van der Waals surface area contributed by atoms with E-state index in [1.165, 1.54) is 6.07 Å². The molecule has 2 atom stereocenters. The Balaban J connectivity index is 2.09. The van der Waals surface area contributed by atoms with Gasteiger partial charge in [0.1, 0.15) is 5.75 Å². The first kappa shape index (κ1) is 13.4. The average Bonchev–Trinajstić information content (AvgIpc) is 2.35. The number of phenolic OH excluding ortho intramolecular Hbond substituents is 1. The third-order valence-electron chi connectivity index (χ3n) is 3.25. The van der Waals surface area contributed by atoms with Crippen LogP contribution >= 0.6 is 15.9 Å². The molecule has 4 nitrogen and oxygen atoms in total. The monoisotopic (exact) mass is 313 g/mol. The summed E-state index contributed by atoms with van der Waals surface area (Å²) < 4.78 is 0.731. The van der Waals surface area contributed by atoms with E-state index >= 15 is 0 Å². The molecule has 98 valence electrons. The fraction of sp³-hybridized carbons (Fsp3) is 0.462. The number of halogens is 1. The summed E-state index contributed by atoms with van der Waals surface area (Å²) in [5.74, 6) is -0.402. The number of aliphatic hydroxyl groups is 1. The summed E-state index contributed by atoms with van der Waals surface area (Å²) in [4.78, 5) is 12.0. The highest BCUT2D eigenvalue weighted by Crippen LogP contribution is 2.23. The molecule has 0 spiro atoms. The van der Waals surface area contributed by atoms with Crippen LogP contribution in [0.15, 0.2) is 22.7 Å². The summed E-state index contributed by atoms with van der Waals surface area (Å²) in [7, 11) is 0. The first-order valence-electron chi connectivity index (χ1n) is 6.05. The van der Waals surface area contributed by atoms with Crippen LogP contribution in [0.4, 0.5) is 0 Å². The van der Waals surface area contributed by atoms with Gasteiger partial charge in [-0.25, -0.2) is 0 Å². The van der Waals surface area contributed by atoms with Gasteiger partial charge < -0.3 is 15.5 Å². The van der Waals surface area contributed by atoms with Crippen LogP contribution < -0.4 is 5.32 Å². The zero-order chi connectivity index (χ0) is 13.1. The molecular formula is C13H16BrNO3. The van der Waals surface area contributed by atoms with Crippen molar-refractivity contribution in [1.29, 1.82) is 0 Å². The number of carbonyl (C=O) groups is 1. The SMILES string of the molecule is O=C(NC1CCCCC1O)c1cc(Br)ccc1O. The molecule has 2 rings (SSSR count). The molecule has 0 radical (unpaired) electrons. The van der Waals surface area contributed by atoms with Gasteiger partial charge in [-0.2, -0.15) is 0 Å². The molecule has 1 saturated carbocycles. The summed E-state index contributed by atoms with van der Waals surface area (Å²) in [6, 6.07) is 4.49. The molecule has 1 aliphatic carbocycles. The van der Waals surface area contributed by atoms with E-state index in [4.69, 9.17) is 0 Å². The van der Waals surface area contributed by atoms with Crippen LogP contribution in [-0.2, 0) is 0 Å². The Hall–Kier alpha value is -1.07. The standard InChI is InChI=1S/C13H16BrNO3/c14-8-5-6-11(16)9(7-8)13(18)15-10-3-1-2-4-12(10)17/h5-7,10,12,16-17H,1-4H2,(H,15,18). The molecular weight excluding hydrogens is 298 g/mol. The molecule has 1 amide bonds. The predicted molar refractivity (Wildman–Crippen MR) is 71.5 cm³/mol. The Morgan fingerprint density at radius 3 is 2.78 bits per heavy atom. The summed E-state index contributed by atoms with van der Waals surface area (Å²) in [6.07, 6.45) is 3.01. The lowest BCUT2D eigenvalue weighted by Crippen LogP contribution is -2.45. The quantitative estimate of drug-likeness (QED) is 0.784. The van der Waals surface area contributed by atoms with E-state index in [-0.39, 0.29) is 23.3 Å². The number of amides is 1. The highest BCUT2D eigenvalue weighted by molar-refractivity contribution is 9.10. The van der Waals surface area contributed by atoms with Crippen LogP contribution in [0.2, 0.25) is 0 Å². The Kier molecular flexibility index (Phi) is 4.24. The lowest BCUT2D eigenvalue weighted by molar-refractivity contribution is 0.0715. The third kappa shape index (κ3) is 3.03. The van der Waals surface area contributed by atoms with Crippen LogP contribution in [0.5, 0.6) is 5.75 Å². The van der Waals surface area contributed by atoms with Gasteiger partial charge in [0.05, 0.1) is 17.7 Å². The molecule has 0 heterocycles. The Bertz CT molecular complexity index is 450. The predicted octanol–water partition coefficient (Wildman–Crippen LogP) is 2.19. The van der Waals surface area contributed by atoms with Gasteiger partial charge in [-0.3, -0.25) is 4.79 Å². The molecule has 1 fully saturated rings. The van der Waals surface area contributed by atoms with Crippen molar-refractivity contribution in [2.75, 3.05) is 0 Å². The van der Waals surface area contributed by atoms with Crippen LogP contribution in [0, 0.1) is 0 Å². The van der Waals surface area contributed by atoms with Gasteiger partial charge in [0, 0.05) is 4.47 Å². The maximum Gasteiger partial charge on any atom is 0.255 e. The normalized spacial score (nSPS) is 23.7. The van der Waals surface area contributed by atoms with E-state index < -0.39 is 6.10 Å². The Labute approximate surface area is 114 Å². The summed E-state index contributed by atoms with van der Waals surface area (Å²) in [6.45, 7) is 0. The van der Waals surface area contributed by atoms with E-state index in [1.54, 1.807) is 12.1 Å². The van der Waals surface area contributed by atoms with E-state index in [2.05, 4.69) is 21.2 Å². The number of phenols is 1. The van der Waals surface area contributed by atoms with Crippen molar-refractivity contribution in [3.63, 3.8) is 0 Å². The molecule has 0 aromatic heterocycles. The second-order valence-corrected chi connectivity index (χ2v) is 5.51. The number of hydrogen-bond acceptors (Lipinski definition) is 3. The Morgan fingerprint density at radius 1 is 1.33 bits per heavy atom. The molecule has 0 saturated heterocycles. The van der Waals surface area contributed by atoms with E-state index in [0.29, 0.717) is 0 Å². The summed E-state index contributed by atoms with van der Waals surface area (Å²) in [5.41, 5.74) is 0.224. The van der Waals surface area contributed by atoms with Crippen LogP contribution in [0.25, 0.3) is 0 Å². The highest BCUT2D eigenvalue weighted by atomic mass is 79.9. The molecule has 1 aromatic rings. The molecule has 18 heavy (non-hydrogen) atoms. The smallest absolute Gasteiger partial charge is 0.255 e. The van der Waals surface area contributed by atoms with Gasteiger partial charge in [0.25, 0.3) is 5.91 Å². The van der Waals surface area contributed by atoms with Crippen LogP contribution in [0.3, 0.4) is 0 Å². The largest absolute Gasteiger partial charge is 0.507 e. The number of rotatable bonds is 2. The van der Waals surface area contributed by atoms with Gasteiger partial charge in [0.15, 0.2) is 0 Å². The molecule has 0 aliphatic heterocycles. The number of nitrogens with one attached hydrogen (secondary N) is 1. The molecule has 1 aliphatic rings. The minimum absolute atomic E-state index is 0.0546. The fourth-order valence-corrected chi connectivity index (χ4v) is 2.58. The number of carbonyl (C=O) groups excluding carboxylic acids is 1. The van der Waals surface area contributed by atoms with Crippen LogP contribution in [-0.4, -0.2) is 28.3 Å². The van der Waals surface area contributed by atoms with Crippen molar-refractivity contribution < 1.29 is 15.0 Å². The van der Waals surface area contributed by atoms with Gasteiger partial charge in [-0.05, 0) is 31.0 Å².